The zero-order valence-corrected chi connectivity index (χ0v) is 13.1. The number of amides is 2. The Morgan fingerprint density at radius 3 is 2.41 bits per heavy atom. The van der Waals surface area contributed by atoms with E-state index >= 15 is 0 Å². The van der Waals surface area contributed by atoms with Gasteiger partial charge in [0.25, 0.3) is 0 Å². The molecule has 0 saturated carbocycles. The summed E-state index contributed by atoms with van der Waals surface area (Å²) in [6.07, 6.45) is 10.5. The van der Waals surface area contributed by atoms with E-state index in [9.17, 15) is 4.79 Å². The molecule has 22 heavy (non-hydrogen) atoms. The fraction of sp³-hybridized carbons (Fsp3) is 0.353. The van der Waals surface area contributed by atoms with E-state index in [2.05, 4.69) is 17.2 Å². The number of carbonyl (C=O) groups is 1. The Labute approximate surface area is 131 Å². The van der Waals surface area contributed by atoms with Crippen LogP contribution in [0.3, 0.4) is 0 Å². The van der Waals surface area contributed by atoms with Crippen molar-refractivity contribution in [2.75, 3.05) is 27.3 Å². The Hall–Kier alpha value is -2.79. The summed E-state index contributed by atoms with van der Waals surface area (Å²) in [4.78, 5) is 13.6. The average Bonchev–Trinajstić information content (AvgIpc) is 2.53. The van der Waals surface area contributed by atoms with Crippen molar-refractivity contribution in [1.82, 2.24) is 10.2 Å². The van der Waals surface area contributed by atoms with Gasteiger partial charge in [0.2, 0.25) is 0 Å². The second kappa shape index (κ2) is 8.49. The Balaban J connectivity index is 2.88. The molecule has 2 amide bonds. The first-order valence-electron chi connectivity index (χ1n) is 6.71. The number of ether oxygens (including phenoxy) is 2. The van der Waals surface area contributed by atoms with Crippen molar-refractivity contribution in [1.29, 1.82) is 0 Å². The number of nitrogens with one attached hydrogen (secondary N) is 1. The average molecular weight is 300 g/mol. The third-order valence-electron chi connectivity index (χ3n) is 3.10. The van der Waals surface area contributed by atoms with Crippen LogP contribution in [-0.4, -0.2) is 38.2 Å². The number of hydrogen-bond donors (Lipinski definition) is 1. The lowest BCUT2D eigenvalue weighted by atomic mass is 10.1. The van der Waals surface area contributed by atoms with Gasteiger partial charge in [0.15, 0.2) is 0 Å². The van der Waals surface area contributed by atoms with Crippen LogP contribution >= 0.6 is 0 Å². The number of urea groups is 1. The maximum Gasteiger partial charge on any atom is 0.319 e. The van der Waals surface area contributed by atoms with Crippen LogP contribution < -0.4 is 14.8 Å². The van der Waals surface area contributed by atoms with Crippen molar-refractivity contribution in [3.05, 3.63) is 23.8 Å². The number of hydrogen-bond acceptors (Lipinski definition) is 3. The topological polar surface area (TPSA) is 50.8 Å². The molecule has 0 bridgehead atoms. The molecule has 0 aromatic heterocycles. The van der Waals surface area contributed by atoms with E-state index in [1.807, 2.05) is 13.0 Å². The van der Waals surface area contributed by atoms with Gasteiger partial charge >= 0.3 is 6.03 Å². The lowest BCUT2D eigenvalue weighted by Gasteiger charge is -2.23. The molecule has 5 nitrogen and oxygen atoms in total. The molecule has 1 N–H and O–H groups in total. The van der Waals surface area contributed by atoms with Gasteiger partial charge in [-0.15, -0.1) is 12.8 Å². The van der Waals surface area contributed by atoms with Crippen LogP contribution in [0.1, 0.15) is 18.5 Å². The largest absolute Gasteiger partial charge is 0.497 e. The number of nitrogens with zero attached hydrogens (tertiary/aromatic N) is 1. The summed E-state index contributed by atoms with van der Waals surface area (Å²) in [5, 5.41) is 2.85. The van der Waals surface area contributed by atoms with Crippen LogP contribution in [-0.2, 0) is 0 Å². The number of methoxy groups -OCH3 is 2. The maximum atomic E-state index is 12.2. The summed E-state index contributed by atoms with van der Waals surface area (Å²) in [6, 6.07) is 4.82. The molecule has 1 aromatic carbocycles. The highest BCUT2D eigenvalue weighted by Gasteiger charge is 2.18. The lowest BCUT2D eigenvalue weighted by Crippen LogP contribution is -2.41. The van der Waals surface area contributed by atoms with Gasteiger partial charge in [-0.05, 0) is 19.1 Å². The first-order valence-corrected chi connectivity index (χ1v) is 6.71. The summed E-state index contributed by atoms with van der Waals surface area (Å²) < 4.78 is 10.5. The molecule has 1 rings (SSSR count). The van der Waals surface area contributed by atoms with Crippen molar-refractivity contribution < 1.29 is 14.3 Å². The molecule has 0 fully saturated rings. The van der Waals surface area contributed by atoms with E-state index in [-0.39, 0.29) is 25.2 Å². The monoisotopic (exact) mass is 300 g/mol. The Morgan fingerprint density at radius 1 is 1.27 bits per heavy atom. The number of rotatable bonds is 6. The number of carbonyl (C=O) groups excluding carboxylic acids is 1. The normalized spacial score (nSPS) is 10.8. The van der Waals surface area contributed by atoms with Gasteiger partial charge in [-0.1, -0.05) is 11.8 Å². The minimum atomic E-state index is -0.318. The number of terminal acetylenes is 2. The third-order valence-corrected chi connectivity index (χ3v) is 3.10. The zero-order chi connectivity index (χ0) is 16.5. The fourth-order valence-corrected chi connectivity index (χ4v) is 1.95. The van der Waals surface area contributed by atoms with Crippen molar-refractivity contribution in [2.24, 2.45) is 0 Å². The van der Waals surface area contributed by atoms with Crippen molar-refractivity contribution in [3.63, 3.8) is 0 Å². The van der Waals surface area contributed by atoms with Crippen LogP contribution in [0.15, 0.2) is 18.2 Å². The summed E-state index contributed by atoms with van der Waals surface area (Å²) in [5.74, 6) is 6.14. The molecule has 0 radical (unpaired) electrons. The minimum Gasteiger partial charge on any atom is -0.497 e. The van der Waals surface area contributed by atoms with Crippen molar-refractivity contribution >= 4 is 6.03 Å². The van der Waals surface area contributed by atoms with E-state index < -0.39 is 0 Å². The van der Waals surface area contributed by atoms with Gasteiger partial charge in [-0.3, -0.25) is 0 Å². The maximum absolute atomic E-state index is 12.2. The van der Waals surface area contributed by atoms with E-state index in [0.717, 1.165) is 5.56 Å². The minimum absolute atomic E-state index is 0.155. The van der Waals surface area contributed by atoms with Crippen LogP contribution in [0.4, 0.5) is 4.79 Å². The second-order valence-electron chi connectivity index (χ2n) is 4.54. The molecule has 0 aliphatic rings. The quantitative estimate of drug-likeness (QED) is 0.818. The molecule has 0 saturated heterocycles. The SMILES string of the molecule is C#CCN(CC#C)C(=O)N[C@H](C)c1ccc(OC)cc1OC. The van der Waals surface area contributed by atoms with Gasteiger partial charge < -0.3 is 19.7 Å². The Kier molecular flexibility index (Phi) is 6.66. The standard InChI is InChI=1S/C17H20N2O3/c1-6-10-19(11-7-2)17(20)18-13(3)15-9-8-14(21-4)12-16(15)22-5/h1-2,8-9,12-13H,10-11H2,3-5H3,(H,18,20)/t13-/m1/s1. The molecule has 0 spiro atoms. The van der Waals surface area contributed by atoms with E-state index in [1.54, 1.807) is 26.4 Å². The molecule has 1 aromatic rings. The molecule has 0 heterocycles. The summed E-state index contributed by atoms with van der Waals surface area (Å²) in [7, 11) is 3.15. The van der Waals surface area contributed by atoms with Gasteiger partial charge in [0.1, 0.15) is 11.5 Å². The molecule has 0 aliphatic heterocycles. The van der Waals surface area contributed by atoms with Gasteiger partial charge in [0.05, 0.1) is 33.4 Å². The third kappa shape index (κ3) is 4.36. The number of benzene rings is 1. The molecule has 0 unspecified atom stereocenters. The van der Waals surface area contributed by atoms with Gasteiger partial charge in [0, 0.05) is 11.6 Å². The lowest BCUT2D eigenvalue weighted by molar-refractivity contribution is 0.206. The van der Waals surface area contributed by atoms with Crippen LogP contribution in [0, 0.1) is 24.7 Å². The van der Waals surface area contributed by atoms with Gasteiger partial charge in [-0.25, -0.2) is 4.79 Å². The second-order valence-corrected chi connectivity index (χ2v) is 4.54. The smallest absolute Gasteiger partial charge is 0.319 e. The summed E-state index contributed by atoms with van der Waals surface area (Å²) in [6.45, 7) is 2.16. The predicted octanol–water partition coefficient (Wildman–Crippen LogP) is 2.04. The molecular weight excluding hydrogens is 280 g/mol. The van der Waals surface area contributed by atoms with Crippen LogP contribution in [0.2, 0.25) is 0 Å². The molecule has 5 heteroatoms. The first-order chi connectivity index (χ1) is 10.6. The molecule has 116 valence electrons. The molecule has 0 aliphatic carbocycles. The Morgan fingerprint density at radius 2 is 1.91 bits per heavy atom. The highest BCUT2D eigenvalue weighted by Crippen LogP contribution is 2.29. The van der Waals surface area contributed by atoms with E-state index in [1.165, 1.54) is 4.90 Å². The Bertz CT molecular complexity index is 583. The highest BCUT2D eigenvalue weighted by atomic mass is 16.5. The van der Waals surface area contributed by atoms with Crippen molar-refractivity contribution in [3.8, 4) is 36.2 Å². The van der Waals surface area contributed by atoms with Crippen LogP contribution in [0.5, 0.6) is 11.5 Å². The summed E-state index contributed by atoms with van der Waals surface area (Å²) >= 11 is 0. The van der Waals surface area contributed by atoms with Gasteiger partial charge in [-0.2, -0.15) is 0 Å². The predicted molar refractivity (Wildman–Crippen MR) is 85.7 cm³/mol. The first kappa shape index (κ1) is 17.3. The fourth-order valence-electron chi connectivity index (χ4n) is 1.95. The molecule has 1 atom stereocenters. The summed E-state index contributed by atoms with van der Waals surface area (Å²) in [5.41, 5.74) is 0.831. The highest BCUT2D eigenvalue weighted by molar-refractivity contribution is 5.75. The van der Waals surface area contributed by atoms with Crippen LogP contribution in [0.25, 0.3) is 0 Å². The van der Waals surface area contributed by atoms with E-state index in [4.69, 9.17) is 22.3 Å². The zero-order valence-electron chi connectivity index (χ0n) is 13.1. The van der Waals surface area contributed by atoms with Crippen molar-refractivity contribution in [2.45, 2.75) is 13.0 Å². The van der Waals surface area contributed by atoms with E-state index in [0.29, 0.717) is 11.5 Å². The molecular formula is C17H20N2O3.